The van der Waals surface area contributed by atoms with Crippen molar-refractivity contribution in [3.63, 3.8) is 0 Å². The average Bonchev–Trinajstić information content (AvgIpc) is 2.82. The molecule has 1 aliphatic carbocycles. The summed E-state index contributed by atoms with van der Waals surface area (Å²) in [4.78, 5) is 2.49. The maximum Gasteiger partial charge on any atom is 0.120 e. The topological polar surface area (TPSA) is 35.5 Å². The van der Waals surface area contributed by atoms with E-state index in [9.17, 15) is 5.11 Å². The van der Waals surface area contributed by atoms with Gasteiger partial charge in [0.25, 0.3) is 0 Å². The highest BCUT2D eigenvalue weighted by Crippen LogP contribution is 2.48. The summed E-state index contributed by atoms with van der Waals surface area (Å²) in [6.07, 6.45) is 3.64. The van der Waals surface area contributed by atoms with E-state index in [1.807, 2.05) is 6.07 Å². The lowest BCUT2D eigenvalue weighted by atomic mass is 9.97. The molecule has 2 aliphatic rings. The molecule has 1 fully saturated rings. The fourth-order valence-corrected chi connectivity index (χ4v) is 4.11. The number of nitrogens with one attached hydrogen (secondary N) is 1. The van der Waals surface area contributed by atoms with Gasteiger partial charge >= 0.3 is 0 Å². The van der Waals surface area contributed by atoms with Crippen LogP contribution in [-0.4, -0.2) is 36.2 Å². The quantitative estimate of drug-likeness (QED) is 0.870. The number of likely N-dealkylation sites (N-methyl/N-ethyl adjacent to an activating group) is 1. The van der Waals surface area contributed by atoms with Gasteiger partial charge in [-0.25, -0.2) is 0 Å². The molecule has 0 radical (unpaired) electrons. The Bertz CT molecular complexity index is 494. The van der Waals surface area contributed by atoms with Crippen molar-refractivity contribution in [2.24, 2.45) is 0 Å². The summed E-state index contributed by atoms with van der Waals surface area (Å²) in [6.45, 7) is 6.67. The molecule has 110 valence electrons. The van der Waals surface area contributed by atoms with Crippen molar-refractivity contribution in [2.75, 3.05) is 20.1 Å². The van der Waals surface area contributed by atoms with Crippen molar-refractivity contribution in [1.82, 2.24) is 10.2 Å². The molecule has 3 heteroatoms. The molecule has 0 amide bonds. The lowest BCUT2D eigenvalue weighted by Crippen LogP contribution is -2.45. The van der Waals surface area contributed by atoms with E-state index < -0.39 is 0 Å². The van der Waals surface area contributed by atoms with Gasteiger partial charge in [-0.2, -0.15) is 0 Å². The van der Waals surface area contributed by atoms with Gasteiger partial charge in [-0.1, -0.05) is 13.0 Å². The van der Waals surface area contributed by atoms with Crippen LogP contribution in [0.25, 0.3) is 0 Å². The highest BCUT2D eigenvalue weighted by atomic mass is 16.3. The lowest BCUT2D eigenvalue weighted by molar-refractivity contribution is 0.142. The zero-order chi connectivity index (χ0) is 14.3. The molecule has 1 saturated heterocycles. The molecule has 1 aliphatic heterocycles. The molecular weight excluding hydrogens is 248 g/mol. The number of fused-ring (bicyclic) bond motifs is 1. The minimum atomic E-state index is 0.366. The van der Waals surface area contributed by atoms with E-state index in [1.165, 1.54) is 29.5 Å². The van der Waals surface area contributed by atoms with Crippen LogP contribution in [0.2, 0.25) is 0 Å². The molecule has 2 N–H and O–H groups in total. The van der Waals surface area contributed by atoms with Gasteiger partial charge in [-0.15, -0.1) is 0 Å². The first-order valence-electron chi connectivity index (χ1n) is 7.84. The van der Waals surface area contributed by atoms with Crippen molar-refractivity contribution >= 4 is 0 Å². The van der Waals surface area contributed by atoms with Gasteiger partial charge in [0.1, 0.15) is 5.75 Å². The van der Waals surface area contributed by atoms with Gasteiger partial charge in [0.2, 0.25) is 0 Å². The fourth-order valence-electron chi connectivity index (χ4n) is 4.11. The first kappa shape index (κ1) is 13.9. The third kappa shape index (κ3) is 2.23. The van der Waals surface area contributed by atoms with Crippen molar-refractivity contribution in [1.29, 1.82) is 0 Å². The predicted octanol–water partition coefficient (Wildman–Crippen LogP) is 2.93. The van der Waals surface area contributed by atoms with Crippen LogP contribution >= 0.6 is 0 Å². The van der Waals surface area contributed by atoms with Gasteiger partial charge < -0.3 is 10.4 Å². The number of rotatable bonds is 2. The number of hydrogen-bond donors (Lipinski definition) is 2. The summed E-state index contributed by atoms with van der Waals surface area (Å²) in [6, 6.07) is 4.87. The van der Waals surface area contributed by atoms with Gasteiger partial charge in [0.15, 0.2) is 0 Å². The Morgan fingerprint density at radius 3 is 2.80 bits per heavy atom. The molecule has 0 aromatic heterocycles. The minimum absolute atomic E-state index is 0.366. The average molecular weight is 274 g/mol. The highest BCUT2D eigenvalue weighted by molar-refractivity contribution is 5.51. The van der Waals surface area contributed by atoms with Gasteiger partial charge in [0.05, 0.1) is 0 Å². The lowest BCUT2D eigenvalue weighted by Gasteiger charge is -2.36. The number of aromatic hydroxyl groups is 1. The van der Waals surface area contributed by atoms with Crippen LogP contribution in [0, 0.1) is 6.92 Å². The Balaban J connectivity index is 1.92. The third-order valence-corrected chi connectivity index (χ3v) is 5.22. The van der Waals surface area contributed by atoms with E-state index in [-0.39, 0.29) is 0 Å². The molecule has 3 rings (SSSR count). The standard InChI is InChI=1S/C17H26N2O/c1-11-6-7-15(20)17-14(9-12(2)16(11)17)19(3)13-5-4-8-18-10-13/h6-7,12-14,18,20H,4-5,8-10H2,1-3H3. The zero-order valence-electron chi connectivity index (χ0n) is 12.8. The second kappa shape index (κ2) is 5.38. The van der Waals surface area contributed by atoms with Crippen molar-refractivity contribution in [3.8, 4) is 5.75 Å². The maximum absolute atomic E-state index is 10.3. The van der Waals surface area contributed by atoms with E-state index >= 15 is 0 Å². The van der Waals surface area contributed by atoms with E-state index in [1.54, 1.807) is 0 Å². The third-order valence-electron chi connectivity index (χ3n) is 5.22. The van der Waals surface area contributed by atoms with Crippen LogP contribution in [0.15, 0.2) is 12.1 Å². The molecule has 0 spiro atoms. The number of aryl methyl sites for hydroxylation is 1. The summed E-state index contributed by atoms with van der Waals surface area (Å²) < 4.78 is 0. The largest absolute Gasteiger partial charge is 0.508 e. The maximum atomic E-state index is 10.3. The number of piperidine rings is 1. The summed E-state index contributed by atoms with van der Waals surface area (Å²) in [7, 11) is 2.23. The number of nitrogens with zero attached hydrogens (tertiary/aromatic N) is 1. The van der Waals surface area contributed by atoms with Gasteiger partial charge in [-0.3, -0.25) is 4.90 Å². The van der Waals surface area contributed by atoms with Crippen LogP contribution in [0.4, 0.5) is 0 Å². The summed E-state index contributed by atoms with van der Waals surface area (Å²) in [5.41, 5.74) is 3.89. The first-order chi connectivity index (χ1) is 9.59. The minimum Gasteiger partial charge on any atom is -0.508 e. The summed E-state index contributed by atoms with van der Waals surface area (Å²) in [5.74, 6) is 1.02. The van der Waals surface area contributed by atoms with E-state index in [2.05, 4.69) is 37.2 Å². The van der Waals surface area contributed by atoms with Crippen molar-refractivity contribution < 1.29 is 5.11 Å². The van der Waals surface area contributed by atoms with E-state index in [4.69, 9.17) is 0 Å². The number of hydrogen-bond acceptors (Lipinski definition) is 3. The summed E-state index contributed by atoms with van der Waals surface area (Å²) >= 11 is 0. The van der Waals surface area contributed by atoms with Gasteiger partial charge in [0, 0.05) is 24.2 Å². The Morgan fingerprint density at radius 2 is 2.10 bits per heavy atom. The van der Waals surface area contributed by atoms with E-state index in [0.717, 1.165) is 19.5 Å². The monoisotopic (exact) mass is 274 g/mol. The molecule has 1 heterocycles. The van der Waals surface area contributed by atoms with Crippen LogP contribution in [0.5, 0.6) is 5.75 Å². The number of benzene rings is 1. The molecular formula is C17H26N2O. The Morgan fingerprint density at radius 1 is 1.30 bits per heavy atom. The summed E-state index contributed by atoms with van der Waals surface area (Å²) in [5, 5.41) is 13.8. The Kier molecular flexibility index (Phi) is 3.74. The number of phenols is 1. The van der Waals surface area contributed by atoms with Crippen LogP contribution in [0.3, 0.4) is 0 Å². The second-order valence-electron chi connectivity index (χ2n) is 6.55. The van der Waals surface area contributed by atoms with Crippen LogP contribution in [0.1, 0.15) is 54.8 Å². The molecule has 3 nitrogen and oxygen atoms in total. The molecule has 0 bridgehead atoms. The van der Waals surface area contributed by atoms with Crippen LogP contribution < -0.4 is 5.32 Å². The molecule has 3 atom stereocenters. The smallest absolute Gasteiger partial charge is 0.120 e. The fraction of sp³-hybridized carbons (Fsp3) is 0.647. The van der Waals surface area contributed by atoms with Crippen molar-refractivity contribution in [3.05, 3.63) is 28.8 Å². The zero-order valence-corrected chi connectivity index (χ0v) is 12.8. The second-order valence-corrected chi connectivity index (χ2v) is 6.55. The normalized spacial score (nSPS) is 29.7. The first-order valence-corrected chi connectivity index (χ1v) is 7.84. The van der Waals surface area contributed by atoms with Crippen molar-refractivity contribution in [2.45, 2.75) is 51.1 Å². The van der Waals surface area contributed by atoms with Gasteiger partial charge in [-0.05, 0) is 62.9 Å². The Hall–Kier alpha value is -1.06. The number of phenolic OH excluding ortho intramolecular Hbond substituents is 1. The molecule has 1 aromatic rings. The Labute approximate surface area is 122 Å². The highest BCUT2D eigenvalue weighted by Gasteiger charge is 2.36. The van der Waals surface area contributed by atoms with E-state index in [0.29, 0.717) is 23.8 Å². The molecule has 20 heavy (non-hydrogen) atoms. The molecule has 3 unspecified atom stereocenters. The predicted molar refractivity (Wildman–Crippen MR) is 82.3 cm³/mol. The molecule has 1 aromatic carbocycles. The van der Waals surface area contributed by atoms with Crippen LogP contribution in [-0.2, 0) is 0 Å². The SMILES string of the molecule is Cc1ccc(O)c2c1C(C)CC2N(C)C1CCCNC1. The molecule has 0 saturated carbocycles.